The fourth-order valence-electron chi connectivity index (χ4n) is 2.63. The maximum atomic E-state index is 12.8. The molecule has 3 nitrogen and oxygen atoms in total. The minimum atomic E-state index is -4.40. The molecule has 0 unspecified atom stereocenters. The quantitative estimate of drug-likeness (QED) is 0.815. The van der Waals surface area contributed by atoms with E-state index in [4.69, 9.17) is 5.73 Å². The molecule has 2 aromatic rings. The molecule has 1 aliphatic carbocycles. The van der Waals surface area contributed by atoms with Gasteiger partial charge in [0.15, 0.2) is 0 Å². The van der Waals surface area contributed by atoms with Crippen molar-refractivity contribution in [2.75, 3.05) is 5.73 Å². The number of hydrogen-bond acceptors (Lipinski definition) is 2. The SMILES string of the molecule is Nc1cc(-n2cnc3c2CCCC3)cc(C(F)(F)F)c1. The molecule has 1 aromatic heterocycles. The summed E-state index contributed by atoms with van der Waals surface area (Å²) in [5.41, 5.74) is 7.38. The van der Waals surface area contributed by atoms with Crippen molar-refractivity contribution in [3.05, 3.63) is 41.5 Å². The lowest BCUT2D eigenvalue weighted by Gasteiger charge is -2.16. The molecular formula is C14H14F3N3. The number of nitrogens with two attached hydrogens (primary N) is 1. The van der Waals surface area contributed by atoms with Crippen molar-refractivity contribution in [2.24, 2.45) is 0 Å². The Morgan fingerprint density at radius 3 is 2.60 bits per heavy atom. The number of aryl methyl sites for hydroxylation is 1. The van der Waals surface area contributed by atoms with Gasteiger partial charge in [-0.3, -0.25) is 0 Å². The van der Waals surface area contributed by atoms with Gasteiger partial charge in [0.1, 0.15) is 0 Å². The molecule has 6 heteroatoms. The van der Waals surface area contributed by atoms with Crippen LogP contribution in [0.15, 0.2) is 24.5 Å². The number of nitrogen functional groups attached to an aromatic ring is 1. The van der Waals surface area contributed by atoms with Crippen molar-refractivity contribution in [1.29, 1.82) is 0 Å². The van der Waals surface area contributed by atoms with Gasteiger partial charge in [0.25, 0.3) is 0 Å². The van der Waals surface area contributed by atoms with E-state index < -0.39 is 11.7 Å². The fourth-order valence-corrected chi connectivity index (χ4v) is 2.63. The van der Waals surface area contributed by atoms with E-state index in [1.54, 1.807) is 17.0 Å². The molecule has 1 aliphatic rings. The third-order valence-electron chi connectivity index (χ3n) is 3.58. The van der Waals surface area contributed by atoms with Crippen molar-refractivity contribution in [3.8, 4) is 5.69 Å². The molecule has 1 heterocycles. The Bertz CT molecular complexity index is 644. The van der Waals surface area contributed by atoms with Gasteiger partial charge < -0.3 is 10.3 Å². The zero-order chi connectivity index (χ0) is 14.3. The number of alkyl halides is 3. The van der Waals surface area contributed by atoms with Crippen LogP contribution in [0, 0.1) is 0 Å². The first-order chi connectivity index (χ1) is 9.45. The maximum Gasteiger partial charge on any atom is 0.416 e. The molecule has 0 fully saturated rings. The molecule has 3 rings (SSSR count). The lowest BCUT2D eigenvalue weighted by molar-refractivity contribution is -0.137. The number of aromatic nitrogens is 2. The van der Waals surface area contributed by atoms with E-state index in [9.17, 15) is 13.2 Å². The minimum absolute atomic E-state index is 0.105. The van der Waals surface area contributed by atoms with Crippen molar-refractivity contribution in [1.82, 2.24) is 9.55 Å². The van der Waals surface area contributed by atoms with Gasteiger partial charge >= 0.3 is 6.18 Å². The Morgan fingerprint density at radius 1 is 1.10 bits per heavy atom. The summed E-state index contributed by atoms with van der Waals surface area (Å²) in [5.74, 6) is 0. The minimum Gasteiger partial charge on any atom is -0.399 e. The molecule has 0 saturated heterocycles. The Hall–Kier alpha value is -1.98. The average molecular weight is 281 g/mol. The second-order valence-electron chi connectivity index (χ2n) is 5.03. The van der Waals surface area contributed by atoms with Crippen LogP contribution in [-0.4, -0.2) is 9.55 Å². The second-order valence-corrected chi connectivity index (χ2v) is 5.03. The normalized spacial score (nSPS) is 15.2. The average Bonchev–Trinajstić information content (AvgIpc) is 2.80. The number of rotatable bonds is 1. The summed E-state index contributed by atoms with van der Waals surface area (Å²) in [6.07, 6.45) is 1.03. The van der Waals surface area contributed by atoms with Crippen LogP contribution in [0.3, 0.4) is 0 Å². The first-order valence-corrected chi connectivity index (χ1v) is 6.48. The van der Waals surface area contributed by atoms with E-state index in [-0.39, 0.29) is 5.69 Å². The van der Waals surface area contributed by atoms with Gasteiger partial charge in [-0.25, -0.2) is 4.98 Å². The molecule has 0 saturated carbocycles. The smallest absolute Gasteiger partial charge is 0.399 e. The summed E-state index contributed by atoms with van der Waals surface area (Å²) in [7, 11) is 0. The number of imidazole rings is 1. The summed E-state index contributed by atoms with van der Waals surface area (Å²) in [4.78, 5) is 4.30. The molecule has 0 aliphatic heterocycles. The van der Waals surface area contributed by atoms with E-state index in [0.29, 0.717) is 5.69 Å². The number of hydrogen-bond donors (Lipinski definition) is 1. The van der Waals surface area contributed by atoms with Crippen LogP contribution in [0.5, 0.6) is 0 Å². The van der Waals surface area contributed by atoms with E-state index in [0.717, 1.165) is 49.2 Å². The largest absolute Gasteiger partial charge is 0.416 e. The molecule has 2 N–H and O–H groups in total. The number of benzene rings is 1. The van der Waals surface area contributed by atoms with Crippen LogP contribution >= 0.6 is 0 Å². The van der Waals surface area contributed by atoms with Gasteiger partial charge in [0.2, 0.25) is 0 Å². The van der Waals surface area contributed by atoms with Crippen LogP contribution < -0.4 is 5.73 Å². The second kappa shape index (κ2) is 4.54. The molecule has 0 atom stereocenters. The lowest BCUT2D eigenvalue weighted by Crippen LogP contribution is -2.10. The van der Waals surface area contributed by atoms with E-state index >= 15 is 0 Å². The predicted octanol–water partition coefficient (Wildman–Crippen LogP) is 3.35. The highest BCUT2D eigenvalue weighted by molar-refractivity contribution is 5.52. The van der Waals surface area contributed by atoms with Crippen molar-refractivity contribution in [2.45, 2.75) is 31.9 Å². The van der Waals surface area contributed by atoms with Gasteiger partial charge in [-0.15, -0.1) is 0 Å². The fraction of sp³-hybridized carbons (Fsp3) is 0.357. The molecule has 0 spiro atoms. The van der Waals surface area contributed by atoms with Crippen LogP contribution in [0.4, 0.5) is 18.9 Å². The van der Waals surface area contributed by atoms with Crippen molar-refractivity contribution in [3.63, 3.8) is 0 Å². The number of nitrogens with zero attached hydrogens (tertiary/aromatic N) is 2. The predicted molar refractivity (Wildman–Crippen MR) is 69.6 cm³/mol. The zero-order valence-electron chi connectivity index (χ0n) is 10.7. The van der Waals surface area contributed by atoms with Crippen LogP contribution in [0.25, 0.3) is 5.69 Å². The summed E-state index contributed by atoms with van der Waals surface area (Å²) in [6, 6.07) is 3.62. The third kappa shape index (κ3) is 2.26. The summed E-state index contributed by atoms with van der Waals surface area (Å²) in [5, 5.41) is 0. The van der Waals surface area contributed by atoms with Crippen LogP contribution in [0.2, 0.25) is 0 Å². The molecule has 106 valence electrons. The van der Waals surface area contributed by atoms with E-state index in [2.05, 4.69) is 4.98 Å². The van der Waals surface area contributed by atoms with Gasteiger partial charge in [-0.1, -0.05) is 0 Å². The summed E-state index contributed by atoms with van der Waals surface area (Å²) >= 11 is 0. The number of halogens is 3. The Labute approximate surface area is 114 Å². The molecule has 0 radical (unpaired) electrons. The first-order valence-electron chi connectivity index (χ1n) is 6.48. The van der Waals surface area contributed by atoms with Gasteiger partial charge in [0.05, 0.1) is 17.6 Å². The highest BCUT2D eigenvalue weighted by atomic mass is 19.4. The highest BCUT2D eigenvalue weighted by Crippen LogP contribution is 2.33. The molecule has 1 aromatic carbocycles. The standard InChI is InChI=1S/C14H14F3N3/c15-14(16,17)9-5-10(18)7-11(6-9)20-8-19-12-3-1-2-4-13(12)20/h5-8H,1-4,18H2. The van der Waals surface area contributed by atoms with E-state index in [1.807, 2.05) is 0 Å². The van der Waals surface area contributed by atoms with Crippen molar-refractivity contribution < 1.29 is 13.2 Å². The Morgan fingerprint density at radius 2 is 1.85 bits per heavy atom. The van der Waals surface area contributed by atoms with Gasteiger partial charge in [-0.05, 0) is 43.9 Å². The molecule has 0 bridgehead atoms. The zero-order valence-corrected chi connectivity index (χ0v) is 10.7. The summed E-state index contributed by atoms with van der Waals surface area (Å²) in [6.45, 7) is 0. The summed E-state index contributed by atoms with van der Waals surface area (Å²) < 4.78 is 40.3. The first kappa shape index (κ1) is 13.0. The van der Waals surface area contributed by atoms with Crippen LogP contribution in [-0.2, 0) is 19.0 Å². The molecule has 0 amide bonds. The molecular weight excluding hydrogens is 267 g/mol. The number of fused-ring (bicyclic) bond motifs is 1. The van der Waals surface area contributed by atoms with Gasteiger partial charge in [-0.2, -0.15) is 13.2 Å². The van der Waals surface area contributed by atoms with Crippen molar-refractivity contribution >= 4 is 5.69 Å². The lowest BCUT2D eigenvalue weighted by atomic mass is 10.0. The monoisotopic (exact) mass is 281 g/mol. The third-order valence-corrected chi connectivity index (χ3v) is 3.58. The van der Waals surface area contributed by atoms with E-state index in [1.165, 1.54) is 0 Å². The Kier molecular flexibility index (Phi) is 2.96. The van der Waals surface area contributed by atoms with Gasteiger partial charge in [0, 0.05) is 17.1 Å². The van der Waals surface area contributed by atoms with Crippen LogP contribution in [0.1, 0.15) is 29.8 Å². The number of anilines is 1. The Balaban J connectivity index is 2.11. The highest BCUT2D eigenvalue weighted by Gasteiger charge is 2.31. The molecule has 20 heavy (non-hydrogen) atoms. The topological polar surface area (TPSA) is 43.8 Å². The maximum absolute atomic E-state index is 12.8.